The second kappa shape index (κ2) is 4.80. The number of carboxylic acids is 1. The Morgan fingerprint density at radius 3 is 2.24 bits per heavy atom. The summed E-state index contributed by atoms with van der Waals surface area (Å²) in [4.78, 5) is 23.6. The van der Waals surface area contributed by atoms with Crippen molar-refractivity contribution in [2.24, 2.45) is 0 Å². The van der Waals surface area contributed by atoms with Gasteiger partial charge in [0.05, 0.1) is 0 Å². The Balaban J connectivity index is 2.61. The van der Waals surface area contributed by atoms with Crippen LogP contribution in [-0.4, -0.2) is 59.3 Å². The number of carbonyl (C=O) groups is 2. The van der Waals surface area contributed by atoms with Crippen LogP contribution in [0.15, 0.2) is 0 Å². The third-order valence-electron chi connectivity index (χ3n) is 2.28. The van der Waals surface area contributed by atoms with Crippen molar-refractivity contribution in [1.82, 2.24) is 9.80 Å². The first-order chi connectivity index (χ1) is 7.70. The number of amides is 2. The summed E-state index contributed by atoms with van der Waals surface area (Å²) in [6.45, 7) is -1.94. The third kappa shape index (κ3) is 4.49. The van der Waals surface area contributed by atoms with Gasteiger partial charge in [-0.2, -0.15) is 13.2 Å². The summed E-state index contributed by atoms with van der Waals surface area (Å²) in [5, 5.41) is 8.59. The molecule has 0 atom stereocenters. The van der Waals surface area contributed by atoms with Crippen LogP contribution in [0.5, 0.6) is 0 Å². The lowest BCUT2D eigenvalue weighted by molar-refractivity contribution is -0.140. The van der Waals surface area contributed by atoms with E-state index in [1.807, 2.05) is 0 Å². The number of rotatable bonds is 4. The van der Waals surface area contributed by atoms with Crippen LogP contribution in [0.2, 0.25) is 0 Å². The van der Waals surface area contributed by atoms with Crippen LogP contribution in [-0.2, 0) is 4.79 Å². The van der Waals surface area contributed by atoms with E-state index >= 15 is 0 Å². The zero-order valence-corrected chi connectivity index (χ0v) is 9.20. The summed E-state index contributed by atoms with van der Waals surface area (Å²) in [6.07, 6.45) is -3.21. The lowest BCUT2D eigenvalue weighted by atomic mass is 10.4. The maximum atomic E-state index is 12.1. The first-order valence-corrected chi connectivity index (χ1v) is 5.01. The van der Waals surface area contributed by atoms with Gasteiger partial charge in [-0.15, -0.1) is 0 Å². The number of aliphatic carboxylic acids is 1. The molecule has 17 heavy (non-hydrogen) atoms. The second-order valence-corrected chi connectivity index (χ2v) is 4.01. The Morgan fingerprint density at radius 1 is 1.35 bits per heavy atom. The number of halogens is 3. The molecule has 0 heterocycles. The van der Waals surface area contributed by atoms with Gasteiger partial charge >= 0.3 is 18.2 Å². The molecule has 1 fully saturated rings. The molecule has 0 aromatic carbocycles. The smallest absolute Gasteiger partial charge is 0.406 e. The molecule has 1 aliphatic carbocycles. The number of hydrogen-bond donors (Lipinski definition) is 1. The van der Waals surface area contributed by atoms with Crippen molar-refractivity contribution >= 4 is 12.0 Å². The Hall–Kier alpha value is -1.47. The van der Waals surface area contributed by atoms with Crippen LogP contribution < -0.4 is 0 Å². The van der Waals surface area contributed by atoms with Gasteiger partial charge in [-0.3, -0.25) is 4.79 Å². The summed E-state index contributed by atoms with van der Waals surface area (Å²) in [7, 11) is 1.01. The van der Waals surface area contributed by atoms with Crippen LogP contribution in [0.3, 0.4) is 0 Å². The molecule has 0 spiro atoms. The normalized spacial score (nSPS) is 15.5. The highest BCUT2D eigenvalue weighted by molar-refractivity contribution is 5.80. The van der Waals surface area contributed by atoms with E-state index in [-0.39, 0.29) is 6.04 Å². The van der Waals surface area contributed by atoms with Gasteiger partial charge < -0.3 is 14.9 Å². The number of nitrogens with zero attached hydrogens (tertiary/aromatic N) is 2. The van der Waals surface area contributed by atoms with Crippen molar-refractivity contribution in [2.75, 3.05) is 20.1 Å². The third-order valence-corrected chi connectivity index (χ3v) is 2.28. The molecule has 1 rings (SSSR count). The molecule has 98 valence electrons. The van der Waals surface area contributed by atoms with Gasteiger partial charge in [-0.1, -0.05) is 0 Å². The van der Waals surface area contributed by atoms with Crippen molar-refractivity contribution < 1.29 is 27.9 Å². The molecule has 8 heteroatoms. The van der Waals surface area contributed by atoms with Gasteiger partial charge in [0.15, 0.2) is 0 Å². The van der Waals surface area contributed by atoms with E-state index in [0.29, 0.717) is 17.7 Å². The van der Waals surface area contributed by atoms with Gasteiger partial charge in [0, 0.05) is 13.1 Å². The lowest BCUT2D eigenvalue weighted by Crippen LogP contribution is -2.47. The van der Waals surface area contributed by atoms with E-state index in [1.165, 1.54) is 0 Å². The molecule has 1 N–H and O–H groups in total. The summed E-state index contributed by atoms with van der Waals surface area (Å²) in [5.41, 5.74) is 0. The van der Waals surface area contributed by atoms with Gasteiger partial charge in [0.2, 0.25) is 0 Å². The molecule has 1 aliphatic rings. The van der Waals surface area contributed by atoms with Crippen LogP contribution in [0.25, 0.3) is 0 Å². The topological polar surface area (TPSA) is 60.9 Å². The van der Waals surface area contributed by atoms with Gasteiger partial charge in [-0.05, 0) is 12.8 Å². The van der Waals surface area contributed by atoms with Crippen LogP contribution >= 0.6 is 0 Å². The zero-order valence-electron chi connectivity index (χ0n) is 9.20. The van der Waals surface area contributed by atoms with E-state index in [1.54, 1.807) is 0 Å². The molecular formula is C9H13F3N2O3. The summed E-state index contributed by atoms with van der Waals surface area (Å²) < 4.78 is 36.2. The summed E-state index contributed by atoms with van der Waals surface area (Å²) in [5.74, 6) is -1.23. The fourth-order valence-corrected chi connectivity index (χ4v) is 1.44. The first-order valence-electron chi connectivity index (χ1n) is 5.01. The molecule has 0 radical (unpaired) electrons. The zero-order chi connectivity index (χ0) is 13.2. The minimum absolute atomic E-state index is 0.241. The van der Waals surface area contributed by atoms with Crippen molar-refractivity contribution in [3.63, 3.8) is 0 Å². The van der Waals surface area contributed by atoms with Crippen molar-refractivity contribution in [3.8, 4) is 0 Å². The molecule has 2 amide bonds. The maximum Gasteiger partial charge on any atom is 0.406 e. The number of alkyl halides is 3. The van der Waals surface area contributed by atoms with Crippen LogP contribution in [0, 0.1) is 0 Å². The predicted molar refractivity (Wildman–Crippen MR) is 51.4 cm³/mol. The Kier molecular flexibility index (Phi) is 3.84. The number of urea groups is 1. The molecule has 0 aliphatic heterocycles. The van der Waals surface area contributed by atoms with Crippen molar-refractivity contribution in [2.45, 2.75) is 25.1 Å². The Labute approximate surface area is 95.8 Å². The SMILES string of the molecule is CN(CC(F)(F)F)C(=O)N(CC(=O)O)C1CC1. The Bertz CT molecular complexity index is 315. The van der Waals surface area contributed by atoms with Crippen molar-refractivity contribution in [3.05, 3.63) is 0 Å². The molecule has 5 nitrogen and oxygen atoms in total. The van der Waals surface area contributed by atoms with Crippen LogP contribution in [0.1, 0.15) is 12.8 Å². The quantitative estimate of drug-likeness (QED) is 0.818. The second-order valence-electron chi connectivity index (χ2n) is 4.01. The molecule has 0 bridgehead atoms. The fraction of sp³-hybridized carbons (Fsp3) is 0.778. The van der Waals surface area contributed by atoms with Gasteiger partial charge in [0.1, 0.15) is 13.1 Å². The number of hydrogen-bond acceptors (Lipinski definition) is 2. The van der Waals surface area contributed by atoms with Gasteiger partial charge in [-0.25, -0.2) is 4.79 Å². The molecule has 0 saturated heterocycles. The monoisotopic (exact) mass is 254 g/mol. The van der Waals surface area contributed by atoms with E-state index in [4.69, 9.17) is 5.11 Å². The van der Waals surface area contributed by atoms with Crippen molar-refractivity contribution in [1.29, 1.82) is 0 Å². The van der Waals surface area contributed by atoms with E-state index < -0.39 is 31.3 Å². The van der Waals surface area contributed by atoms with Crippen LogP contribution in [0.4, 0.5) is 18.0 Å². The highest BCUT2D eigenvalue weighted by Crippen LogP contribution is 2.28. The van der Waals surface area contributed by atoms with E-state index in [2.05, 4.69) is 0 Å². The standard InChI is InChI=1S/C9H13F3N2O3/c1-13(5-9(10,11)12)8(17)14(4-7(15)16)6-2-3-6/h6H,2-5H2,1H3,(H,15,16). The predicted octanol–water partition coefficient (Wildman–Crippen LogP) is 1.15. The molecule has 0 unspecified atom stereocenters. The minimum atomic E-state index is -4.48. The number of carboxylic acid groups (broad SMARTS) is 1. The first kappa shape index (κ1) is 13.6. The Morgan fingerprint density at radius 2 is 1.88 bits per heavy atom. The molecule has 1 saturated carbocycles. The van der Waals surface area contributed by atoms with E-state index in [9.17, 15) is 22.8 Å². The highest BCUT2D eigenvalue weighted by atomic mass is 19.4. The summed E-state index contributed by atoms with van der Waals surface area (Å²) in [6, 6.07) is -1.14. The van der Waals surface area contributed by atoms with E-state index in [0.717, 1.165) is 11.9 Å². The average molecular weight is 254 g/mol. The highest BCUT2D eigenvalue weighted by Gasteiger charge is 2.38. The van der Waals surface area contributed by atoms with Gasteiger partial charge in [0.25, 0.3) is 0 Å². The maximum absolute atomic E-state index is 12.1. The largest absolute Gasteiger partial charge is 0.480 e. The minimum Gasteiger partial charge on any atom is -0.480 e. The average Bonchev–Trinajstić information content (AvgIpc) is 2.93. The molecule has 0 aromatic rings. The number of carbonyl (C=O) groups excluding carboxylic acids is 1. The molecule has 0 aromatic heterocycles. The summed E-state index contributed by atoms with van der Waals surface area (Å²) >= 11 is 0. The lowest BCUT2D eigenvalue weighted by Gasteiger charge is -2.27. The fourth-order valence-electron chi connectivity index (χ4n) is 1.44. The molecular weight excluding hydrogens is 241 g/mol.